The van der Waals surface area contributed by atoms with Gasteiger partial charge in [-0.3, -0.25) is 0 Å². The van der Waals surface area contributed by atoms with E-state index >= 15 is 0 Å². The van der Waals surface area contributed by atoms with Gasteiger partial charge in [-0.1, -0.05) is 30.3 Å². The fraction of sp³-hybridized carbons (Fsp3) is 0.400. The van der Waals surface area contributed by atoms with Crippen molar-refractivity contribution in [2.24, 2.45) is 5.41 Å². The Hall–Kier alpha value is -2.04. The largest absolute Gasteiger partial charge is 0.493 e. The summed E-state index contributed by atoms with van der Waals surface area (Å²) in [4.78, 5) is 0. The third kappa shape index (κ3) is 3.55. The molecule has 128 valence electrons. The Morgan fingerprint density at radius 3 is 2.29 bits per heavy atom. The van der Waals surface area contributed by atoms with Gasteiger partial charge >= 0.3 is 0 Å². The van der Waals surface area contributed by atoms with Crippen LogP contribution in [-0.4, -0.2) is 32.5 Å². The summed E-state index contributed by atoms with van der Waals surface area (Å²) in [5.41, 5.74) is 3.55. The summed E-state index contributed by atoms with van der Waals surface area (Å²) in [7, 11) is 3.31. The van der Waals surface area contributed by atoms with Crippen LogP contribution in [-0.2, 0) is 6.54 Å². The zero-order valence-electron chi connectivity index (χ0n) is 14.3. The van der Waals surface area contributed by atoms with Gasteiger partial charge in [-0.2, -0.15) is 0 Å². The molecule has 3 rings (SSSR count). The fourth-order valence-corrected chi connectivity index (χ4v) is 2.98. The average molecular weight is 327 g/mol. The topological polar surface area (TPSA) is 50.7 Å². The van der Waals surface area contributed by atoms with Crippen LogP contribution in [0.25, 0.3) is 11.1 Å². The Bertz CT molecular complexity index is 681. The number of benzene rings is 2. The Labute approximate surface area is 143 Å². The zero-order valence-corrected chi connectivity index (χ0v) is 14.3. The third-order valence-corrected chi connectivity index (χ3v) is 4.80. The van der Waals surface area contributed by atoms with Crippen LogP contribution in [0.3, 0.4) is 0 Å². The molecule has 1 aliphatic rings. The van der Waals surface area contributed by atoms with Crippen molar-refractivity contribution in [3.05, 3.63) is 48.0 Å². The van der Waals surface area contributed by atoms with E-state index in [-0.39, 0.29) is 12.0 Å². The van der Waals surface area contributed by atoms with E-state index in [1.807, 2.05) is 30.3 Å². The van der Waals surface area contributed by atoms with Crippen molar-refractivity contribution in [1.29, 1.82) is 0 Å². The van der Waals surface area contributed by atoms with Crippen molar-refractivity contribution in [2.75, 3.05) is 27.4 Å². The first-order valence-electron chi connectivity index (χ1n) is 8.33. The van der Waals surface area contributed by atoms with Gasteiger partial charge in [0.2, 0.25) is 0 Å². The first-order valence-corrected chi connectivity index (χ1v) is 8.33. The normalized spacial score (nSPS) is 15.1. The lowest BCUT2D eigenvalue weighted by molar-refractivity contribution is 0.207. The quantitative estimate of drug-likeness (QED) is 0.781. The van der Waals surface area contributed by atoms with Crippen LogP contribution in [0.2, 0.25) is 0 Å². The maximum absolute atomic E-state index is 9.46. The molecule has 0 unspecified atom stereocenters. The molecule has 0 radical (unpaired) electrons. The average Bonchev–Trinajstić information content (AvgIpc) is 3.42. The molecule has 1 fully saturated rings. The van der Waals surface area contributed by atoms with Crippen molar-refractivity contribution >= 4 is 0 Å². The van der Waals surface area contributed by atoms with E-state index < -0.39 is 0 Å². The molecule has 2 aromatic rings. The van der Waals surface area contributed by atoms with Crippen LogP contribution in [0.4, 0.5) is 0 Å². The summed E-state index contributed by atoms with van der Waals surface area (Å²) in [5.74, 6) is 1.46. The molecule has 1 aliphatic carbocycles. The number of aliphatic hydroxyl groups is 1. The number of nitrogens with one attached hydrogen (secondary N) is 1. The number of aliphatic hydroxyl groups excluding tert-OH is 1. The standard InChI is InChI=1S/C20H25NO3/c1-23-18-10-16(12-21-13-20(14-22)8-9-20)17(11-19(18)24-2)15-6-4-3-5-7-15/h3-7,10-11,21-22H,8-9,12-14H2,1-2H3. The summed E-state index contributed by atoms with van der Waals surface area (Å²) in [6.45, 7) is 1.83. The van der Waals surface area contributed by atoms with E-state index in [0.717, 1.165) is 54.1 Å². The van der Waals surface area contributed by atoms with Crippen LogP contribution in [0.5, 0.6) is 11.5 Å². The van der Waals surface area contributed by atoms with Crippen LogP contribution in [0, 0.1) is 5.41 Å². The molecule has 0 saturated heterocycles. The molecule has 0 amide bonds. The molecule has 0 aromatic heterocycles. The molecular weight excluding hydrogens is 302 g/mol. The van der Waals surface area contributed by atoms with Crippen molar-refractivity contribution in [3.63, 3.8) is 0 Å². The van der Waals surface area contributed by atoms with Crippen molar-refractivity contribution < 1.29 is 14.6 Å². The molecule has 0 bridgehead atoms. The molecule has 0 aliphatic heterocycles. The highest BCUT2D eigenvalue weighted by atomic mass is 16.5. The molecule has 2 aromatic carbocycles. The van der Waals surface area contributed by atoms with Gasteiger partial charge in [-0.15, -0.1) is 0 Å². The predicted molar refractivity (Wildman–Crippen MR) is 95.4 cm³/mol. The minimum absolute atomic E-state index is 0.101. The number of ether oxygens (including phenoxy) is 2. The molecule has 2 N–H and O–H groups in total. The summed E-state index contributed by atoms with van der Waals surface area (Å²) < 4.78 is 10.9. The van der Waals surface area contributed by atoms with Crippen LogP contribution < -0.4 is 14.8 Å². The van der Waals surface area contributed by atoms with Gasteiger partial charge in [0.15, 0.2) is 11.5 Å². The van der Waals surface area contributed by atoms with Gasteiger partial charge in [-0.05, 0) is 41.7 Å². The molecule has 0 heterocycles. The van der Waals surface area contributed by atoms with Crippen molar-refractivity contribution in [3.8, 4) is 22.6 Å². The predicted octanol–water partition coefficient (Wildman–Crippen LogP) is 3.23. The van der Waals surface area contributed by atoms with Gasteiger partial charge in [0.1, 0.15) is 0 Å². The Morgan fingerprint density at radius 1 is 1.04 bits per heavy atom. The van der Waals surface area contributed by atoms with Crippen LogP contribution in [0.1, 0.15) is 18.4 Å². The maximum Gasteiger partial charge on any atom is 0.161 e. The van der Waals surface area contributed by atoms with Gasteiger partial charge in [0.05, 0.1) is 14.2 Å². The SMILES string of the molecule is COc1cc(CNCC2(CO)CC2)c(-c2ccccc2)cc1OC. The van der Waals surface area contributed by atoms with Crippen LogP contribution >= 0.6 is 0 Å². The number of hydrogen-bond acceptors (Lipinski definition) is 4. The molecule has 1 saturated carbocycles. The zero-order chi connectivity index (χ0) is 17.0. The smallest absolute Gasteiger partial charge is 0.161 e. The second kappa shape index (κ2) is 7.24. The minimum Gasteiger partial charge on any atom is -0.493 e. The number of methoxy groups -OCH3 is 2. The minimum atomic E-state index is 0.101. The van der Waals surface area contributed by atoms with Gasteiger partial charge in [0.25, 0.3) is 0 Å². The molecular formula is C20H25NO3. The molecule has 4 nitrogen and oxygen atoms in total. The lowest BCUT2D eigenvalue weighted by Gasteiger charge is -2.17. The van der Waals surface area contributed by atoms with E-state index in [2.05, 4.69) is 17.4 Å². The summed E-state index contributed by atoms with van der Waals surface area (Å²) in [6, 6.07) is 14.3. The molecule has 0 atom stereocenters. The third-order valence-electron chi connectivity index (χ3n) is 4.80. The Morgan fingerprint density at radius 2 is 1.71 bits per heavy atom. The highest BCUT2D eigenvalue weighted by molar-refractivity contribution is 5.71. The van der Waals surface area contributed by atoms with Crippen LogP contribution in [0.15, 0.2) is 42.5 Å². The first kappa shape index (κ1) is 16.8. The second-order valence-electron chi connectivity index (χ2n) is 6.49. The maximum atomic E-state index is 9.46. The first-order chi connectivity index (χ1) is 11.7. The highest BCUT2D eigenvalue weighted by Gasteiger charge is 2.41. The summed E-state index contributed by atoms with van der Waals surface area (Å²) in [6.07, 6.45) is 2.21. The van der Waals surface area contributed by atoms with E-state index in [0.29, 0.717) is 0 Å². The monoisotopic (exact) mass is 327 g/mol. The molecule has 4 heteroatoms. The van der Waals surface area contributed by atoms with E-state index in [1.54, 1.807) is 14.2 Å². The lowest BCUT2D eigenvalue weighted by atomic mass is 9.98. The van der Waals surface area contributed by atoms with Crippen molar-refractivity contribution in [1.82, 2.24) is 5.32 Å². The number of hydrogen-bond donors (Lipinski definition) is 2. The molecule has 0 spiro atoms. The van der Waals surface area contributed by atoms with E-state index in [9.17, 15) is 5.11 Å². The second-order valence-corrected chi connectivity index (χ2v) is 6.49. The number of rotatable bonds is 8. The summed E-state index contributed by atoms with van der Waals surface area (Å²) >= 11 is 0. The Balaban J connectivity index is 1.87. The van der Waals surface area contributed by atoms with Gasteiger partial charge in [0, 0.05) is 25.1 Å². The fourth-order valence-electron chi connectivity index (χ4n) is 2.98. The van der Waals surface area contributed by atoms with Gasteiger partial charge < -0.3 is 19.9 Å². The highest BCUT2D eigenvalue weighted by Crippen LogP contribution is 2.44. The Kier molecular flexibility index (Phi) is 5.07. The van der Waals surface area contributed by atoms with Gasteiger partial charge in [-0.25, -0.2) is 0 Å². The van der Waals surface area contributed by atoms with Crippen molar-refractivity contribution in [2.45, 2.75) is 19.4 Å². The summed E-state index contributed by atoms with van der Waals surface area (Å²) in [5, 5.41) is 13.0. The lowest BCUT2D eigenvalue weighted by Crippen LogP contribution is -2.26. The van der Waals surface area contributed by atoms with E-state index in [4.69, 9.17) is 9.47 Å². The molecule has 24 heavy (non-hydrogen) atoms. The van der Waals surface area contributed by atoms with E-state index in [1.165, 1.54) is 0 Å².